The van der Waals surface area contributed by atoms with Crippen molar-refractivity contribution in [1.82, 2.24) is 19.6 Å². The van der Waals surface area contributed by atoms with Crippen LogP contribution in [0.4, 0.5) is 10.5 Å². The van der Waals surface area contributed by atoms with E-state index in [2.05, 4.69) is 5.32 Å². The number of ether oxygens (including phenoxy) is 3. The molecule has 0 aromatic heterocycles. The molecule has 0 bridgehead atoms. The monoisotopic (exact) mass is 1100 g/mol. The highest BCUT2D eigenvalue weighted by Gasteiger charge is 2.44. The fourth-order valence-electron chi connectivity index (χ4n) is 11.4. The topological polar surface area (TPSA) is 227 Å². The van der Waals surface area contributed by atoms with Gasteiger partial charge in [0.25, 0.3) is 0 Å². The van der Waals surface area contributed by atoms with E-state index in [0.29, 0.717) is 62.9 Å². The third kappa shape index (κ3) is 18.5. The molecular formula is C61H91N5O13. The minimum Gasteiger partial charge on any atom is -0.481 e. The maximum Gasteiger partial charge on any atom is 0.410 e. The van der Waals surface area contributed by atoms with Gasteiger partial charge in [0.2, 0.25) is 23.6 Å². The number of hydrogen-bond acceptors (Lipinski definition) is 13. The SMILES string of the molecule is CC[C@H](C)[C@@H]([C@@H](CC(=O)N1CCCC1[C@H](OC)[C@@H](C)C(=O)C[C@@H](Cc1ccccc1)C(=O)O)OC)N(C)C(=O)[C@@H](CC(=O)[C@H](C(C)C)N(C)C(=O)OCc1ccc(NCC(=O)CCCCCN2C(=O)CC(C)C2=O)cc1)C(C)C. The molecule has 79 heavy (non-hydrogen) atoms. The second kappa shape index (κ2) is 31.7. The molecule has 2 aromatic rings. The first-order valence-electron chi connectivity index (χ1n) is 28.5. The second-order valence-corrected chi connectivity index (χ2v) is 22.7. The zero-order valence-electron chi connectivity index (χ0n) is 49.1. The first-order chi connectivity index (χ1) is 37.4. The molecule has 2 N–H and O–H groups in total. The van der Waals surface area contributed by atoms with E-state index in [4.69, 9.17) is 14.2 Å². The maximum absolute atomic E-state index is 14.8. The Kier molecular flexibility index (Phi) is 26.3. The Morgan fingerprint density at radius 2 is 1.47 bits per heavy atom. The molecule has 0 saturated carbocycles. The first kappa shape index (κ1) is 65.5. The van der Waals surface area contributed by atoms with Crippen LogP contribution in [-0.2, 0) is 65.6 Å². The van der Waals surface area contributed by atoms with Crippen LogP contribution in [0.5, 0.6) is 0 Å². The van der Waals surface area contributed by atoms with E-state index < -0.39 is 60.1 Å². The van der Waals surface area contributed by atoms with E-state index >= 15 is 0 Å². The van der Waals surface area contributed by atoms with Crippen molar-refractivity contribution < 1.29 is 62.5 Å². The smallest absolute Gasteiger partial charge is 0.410 e. The molecule has 2 heterocycles. The van der Waals surface area contributed by atoms with Crippen LogP contribution in [0.1, 0.15) is 137 Å². The van der Waals surface area contributed by atoms with Crippen LogP contribution in [0.15, 0.2) is 54.6 Å². The molecule has 2 aliphatic rings. The van der Waals surface area contributed by atoms with Crippen LogP contribution < -0.4 is 5.32 Å². The number of benzene rings is 2. The van der Waals surface area contributed by atoms with Crippen molar-refractivity contribution in [3.8, 4) is 0 Å². The molecule has 2 unspecified atom stereocenters. The van der Waals surface area contributed by atoms with Crippen LogP contribution in [0.2, 0.25) is 0 Å². The summed E-state index contributed by atoms with van der Waals surface area (Å²) in [6.45, 7) is 15.8. The lowest BCUT2D eigenvalue weighted by molar-refractivity contribution is -0.149. The Morgan fingerprint density at radius 3 is 2.04 bits per heavy atom. The molecule has 2 aromatic carbocycles. The van der Waals surface area contributed by atoms with Gasteiger partial charge in [0.05, 0.1) is 49.2 Å². The van der Waals surface area contributed by atoms with Gasteiger partial charge in [-0.25, -0.2) is 4.79 Å². The number of carboxylic acids is 1. The molecule has 2 aliphatic heterocycles. The summed E-state index contributed by atoms with van der Waals surface area (Å²) in [6.07, 6.45) is 2.31. The molecule has 0 radical (unpaired) electrons. The highest BCUT2D eigenvalue weighted by molar-refractivity contribution is 6.03. The zero-order valence-corrected chi connectivity index (χ0v) is 49.1. The number of carbonyl (C=O) groups excluding carboxylic acids is 8. The van der Waals surface area contributed by atoms with Crippen LogP contribution in [-0.4, -0.2) is 156 Å². The predicted molar refractivity (Wildman–Crippen MR) is 300 cm³/mol. The van der Waals surface area contributed by atoms with Gasteiger partial charge in [-0.3, -0.25) is 43.3 Å². The number of carbonyl (C=O) groups is 9. The molecule has 4 rings (SSSR count). The van der Waals surface area contributed by atoms with Crippen molar-refractivity contribution >= 4 is 58.7 Å². The molecule has 18 nitrogen and oxygen atoms in total. The fraction of sp³-hybridized carbons (Fsp3) is 0.656. The van der Waals surface area contributed by atoms with Crippen LogP contribution in [0.25, 0.3) is 0 Å². The minimum atomic E-state index is -1.05. The molecule has 5 amide bonds. The number of nitrogens with one attached hydrogen (secondary N) is 1. The number of likely N-dealkylation sites (N-methyl/N-ethyl adjacent to an activating group) is 2. The number of hydrogen-bond donors (Lipinski definition) is 2. The molecule has 0 spiro atoms. The lowest BCUT2D eigenvalue weighted by atomic mass is 9.83. The van der Waals surface area contributed by atoms with Gasteiger partial charge >= 0.3 is 12.1 Å². The third-order valence-corrected chi connectivity index (χ3v) is 16.3. The van der Waals surface area contributed by atoms with Gasteiger partial charge in [0, 0.05) is 90.5 Å². The number of Topliss-reactive ketones (excluding diaryl/α,β-unsaturated/α-hetero) is 3. The van der Waals surface area contributed by atoms with Crippen molar-refractivity contribution in [3.05, 3.63) is 65.7 Å². The average Bonchev–Trinajstić information content (AvgIpc) is 4.02. The predicted octanol–water partition coefficient (Wildman–Crippen LogP) is 8.27. The van der Waals surface area contributed by atoms with Crippen LogP contribution >= 0.6 is 0 Å². The van der Waals surface area contributed by atoms with Gasteiger partial charge in [0.1, 0.15) is 12.4 Å². The number of anilines is 1. The number of ketones is 3. The fourth-order valence-corrected chi connectivity index (χ4v) is 11.4. The van der Waals surface area contributed by atoms with Crippen molar-refractivity contribution in [2.45, 2.75) is 169 Å². The van der Waals surface area contributed by atoms with Gasteiger partial charge in [-0.15, -0.1) is 0 Å². The number of amides is 5. The molecule has 438 valence electrons. The van der Waals surface area contributed by atoms with Crippen molar-refractivity contribution in [1.29, 1.82) is 0 Å². The second-order valence-electron chi connectivity index (χ2n) is 22.7. The molecule has 2 fully saturated rings. The molecule has 10 atom stereocenters. The van der Waals surface area contributed by atoms with E-state index in [1.807, 2.05) is 71.9 Å². The first-order valence-corrected chi connectivity index (χ1v) is 28.5. The third-order valence-electron chi connectivity index (χ3n) is 16.3. The van der Waals surface area contributed by atoms with E-state index in [1.54, 1.807) is 55.0 Å². The molecule has 0 aliphatic carbocycles. The van der Waals surface area contributed by atoms with Crippen LogP contribution in [0.3, 0.4) is 0 Å². The molecule has 18 heteroatoms. The molecular weight excluding hydrogens is 1010 g/mol. The average molecular weight is 1100 g/mol. The number of likely N-dealkylation sites (tertiary alicyclic amines) is 2. The van der Waals surface area contributed by atoms with Gasteiger partial charge in [0.15, 0.2) is 11.6 Å². The summed E-state index contributed by atoms with van der Waals surface area (Å²) < 4.78 is 17.7. The summed E-state index contributed by atoms with van der Waals surface area (Å²) in [6, 6.07) is 14.4. The van der Waals surface area contributed by atoms with E-state index in [0.717, 1.165) is 12.0 Å². The Bertz CT molecular complexity index is 2360. The Balaban J connectivity index is 1.33. The minimum absolute atomic E-state index is 0.0336. The van der Waals surface area contributed by atoms with Gasteiger partial charge in [-0.1, -0.05) is 111 Å². The summed E-state index contributed by atoms with van der Waals surface area (Å²) in [4.78, 5) is 126. The largest absolute Gasteiger partial charge is 0.481 e. The normalized spacial score (nSPS) is 18.6. The Hall–Kier alpha value is -6.01. The lowest BCUT2D eigenvalue weighted by Gasteiger charge is -2.41. The van der Waals surface area contributed by atoms with Crippen molar-refractivity contribution in [2.75, 3.05) is 53.3 Å². The highest BCUT2D eigenvalue weighted by atomic mass is 16.6. The summed E-state index contributed by atoms with van der Waals surface area (Å²) >= 11 is 0. The number of nitrogens with zero attached hydrogens (tertiary/aromatic N) is 4. The summed E-state index contributed by atoms with van der Waals surface area (Å²) in [7, 11) is 6.23. The molecule has 2 saturated heterocycles. The van der Waals surface area contributed by atoms with E-state index in [1.165, 1.54) is 31.1 Å². The Morgan fingerprint density at radius 1 is 0.797 bits per heavy atom. The lowest BCUT2D eigenvalue weighted by Crippen LogP contribution is -2.54. The number of unbranched alkanes of at least 4 members (excludes halogenated alkanes) is 2. The van der Waals surface area contributed by atoms with Gasteiger partial charge in [-0.2, -0.15) is 0 Å². The standard InChI is InChI=1S/C61H91N5O13/c1-13-40(6)56(52(77-11)35-54(71)65-30-20-24-49(65)57(78-12)42(8)50(68)33-45(60(74)75)32-43-21-16-14-17-22-43)63(9)59(73)48(38(2)3)34-51(69)55(39(4)5)64(10)61(76)79-37-44-25-27-46(28-26-44)62-36-47(67)23-18-15-19-29-66-53(70)31-41(7)58(66)72/h14,16-17,21-22,25-28,38-42,45,48-49,52,55-57,62H,13,15,18-20,23-24,29-37H2,1-12H3,(H,74,75)/t40-,41?,42-,45+,48-,49?,52+,55-,56-,57+/m0/s1. The highest BCUT2D eigenvalue weighted by Crippen LogP contribution is 2.32. The number of rotatable bonds is 34. The zero-order chi connectivity index (χ0) is 58.7. The van der Waals surface area contributed by atoms with Crippen molar-refractivity contribution in [2.24, 2.45) is 41.4 Å². The number of aliphatic carboxylic acids is 1. The van der Waals surface area contributed by atoms with Crippen molar-refractivity contribution in [3.63, 3.8) is 0 Å². The van der Waals surface area contributed by atoms with Gasteiger partial charge < -0.3 is 39.3 Å². The summed E-state index contributed by atoms with van der Waals surface area (Å²) in [5.74, 6) is -5.68. The van der Waals surface area contributed by atoms with Crippen LogP contribution in [0, 0.1) is 41.4 Å². The quantitative estimate of drug-likeness (QED) is 0.0497. The summed E-state index contributed by atoms with van der Waals surface area (Å²) in [5.41, 5.74) is 2.23. The number of methoxy groups -OCH3 is 2. The Labute approximate surface area is 469 Å². The number of carboxylic acid groups (broad SMARTS) is 1. The van der Waals surface area contributed by atoms with Gasteiger partial charge in [-0.05, 0) is 73.1 Å². The number of imide groups is 1. The van der Waals surface area contributed by atoms with E-state index in [9.17, 15) is 48.3 Å². The van der Waals surface area contributed by atoms with E-state index in [-0.39, 0.29) is 110 Å². The maximum atomic E-state index is 14.8. The summed E-state index contributed by atoms with van der Waals surface area (Å²) in [5, 5.41) is 13.2.